The molecule has 2 heterocycles. The summed E-state index contributed by atoms with van der Waals surface area (Å²) in [5.74, 6) is -0.870. The van der Waals surface area contributed by atoms with Crippen molar-refractivity contribution in [3.63, 3.8) is 0 Å². The van der Waals surface area contributed by atoms with Crippen LogP contribution in [0.4, 0.5) is 5.82 Å². The third kappa shape index (κ3) is 4.17. The Balaban J connectivity index is 2.00. The maximum absolute atomic E-state index is 12.0. The highest BCUT2D eigenvalue weighted by molar-refractivity contribution is 5.93. The number of nitrogens with one attached hydrogen (secondary N) is 1. The third-order valence-electron chi connectivity index (χ3n) is 2.89. The Morgan fingerprint density at radius 2 is 2.25 bits per heavy atom. The van der Waals surface area contributed by atoms with Crippen molar-refractivity contribution in [2.24, 2.45) is 0 Å². The zero-order valence-corrected chi connectivity index (χ0v) is 10.9. The summed E-state index contributed by atoms with van der Waals surface area (Å²) in [6.45, 7) is 0.604. The third-order valence-corrected chi connectivity index (χ3v) is 2.89. The molecule has 6 heteroatoms. The maximum atomic E-state index is 12.0. The molecule has 2 rings (SSSR count). The molecule has 1 amide bonds. The lowest BCUT2D eigenvalue weighted by molar-refractivity contribution is -0.131. The molecular formula is C14H16N2O4. The van der Waals surface area contributed by atoms with Crippen LogP contribution in [0.2, 0.25) is 0 Å². The van der Waals surface area contributed by atoms with E-state index in [-0.39, 0.29) is 5.91 Å². The molecule has 0 spiro atoms. The van der Waals surface area contributed by atoms with Crippen molar-refractivity contribution in [1.29, 1.82) is 0 Å². The zero-order valence-electron chi connectivity index (χ0n) is 10.9. The monoisotopic (exact) mass is 276 g/mol. The lowest BCUT2D eigenvalue weighted by Crippen LogP contribution is -2.33. The minimum absolute atomic E-state index is 0.212. The average molecular weight is 276 g/mol. The summed E-state index contributed by atoms with van der Waals surface area (Å²) in [6.07, 6.45) is 4.62. The highest BCUT2D eigenvalue weighted by Crippen LogP contribution is 2.15. The van der Waals surface area contributed by atoms with Gasteiger partial charge in [0.25, 0.3) is 5.91 Å². The van der Waals surface area contributed by atoms with Crippen LogP contribution in [0.25, 0.3) is 6.08 Å². The van der Waals surface area contributed by atoms with Crippen molar-refractivity contribution in [3.8, 4) is 0 Å². The van der Waals surface area contributed by atoms with Crippen molar-refractivity contribution in [2.45, 2.75) is 25.4 Å². The summed E-state index contributed by atoms with van der Waals surface area (Å²) in [6, 6.07) is 5.01. The first kappa shape index (κ1) is 14.2. The lowest BCUT2D eigenvalue weighted by Gasteiger charge is -2.21. The number of hydrogen-bond acceptors (Lipinski definition) is 4. The van der Waals surface area contributed by atoms with Gasteiger partial charge in [-0.05, 0) is 37.5 Å². The predicted octanol–water partition coefficient (Wildman–Crippen LogP) is 1.69. The molecule has 0 aromatic carbocycles. The summed E-state index contributed by atoms with van der Waals surface area (Å²) in [7, 11) is 0. The van der Waals surface area contributed by atoms with E-state index in [1.807, 2.05) is 0 Å². The number of amides is 1. The van der Waals surface area contributed by atoms with Crippen LogP contribution in [-0.4, -0.2) is 34.7 Å². The van der Waals surface area contributed by atoms with E-state index < -0.39 is 12.1 Å². The van der Waals surface area contributed by atoms with Gasteiger partial charge in [0, 0.05) is 12.7 Å². The molecule has 0 radical (unpaired) electrons. The van der Waals surface area contributed by atoms with E-state index in [0.717, 1.165) is 18.9 Å². The number of aromatic nitrogens is 1. The van der Waals surface area contributed by atoms with Gasteiger partial charge >= 0.3 is 5.97 Å². The largest absolute Gasteiger partial charge is 0.478 e. The number of hydrogen-bond donors (Lipinski definition) is 2. The van der Waals surface area contributed by atoms with E-state index in [9.17, 15) is 9.59 Å². The fourth-order valence-corrected chi connectivity index (χ4v) is 1.92. The molecule has 0 aliphatic carbocycles. The van der Waals surface area contributed by atoms with Gasteiger partial charge in [-0.25, -0.2) is 9.78 Å². The van der Waals surface area contributed by atoms with Crippen LogP contribution in [0.3, 0.4) is 0 Å². The Labute approximate surface area is 116 Å². The molecule has 1 atom stereocenters. The number of pyridine rings is 1. The minimum Gasteiger partial charge on any atom is -0.478 e. The number of carbonyl (C=O) groups excluding carboxylic acids is 1. The highest BCUT2D eigenvalue weighted by atomic mass is 16.5. The van der Waals surface area contributed by atoms with E-state index in [1.54, 1.807) is 18.2 Å². The van der Waals surface area contributed by atoms with Crippen molar-refractivity contribution >= 4 is 23.8 Å². The van der Waals surface area contributed by atoms with Crippen LogP contribution in [0.5, 0.6) is 0 Å². The highest BCUT2D eigenvalue weighted by Gasteiger charge is 2.22. The number of nitrogens with zero attached hydrogens (tertiary/aromatic N) is 1. The number of ether oxygens (including phenoxy) is 1. The summed E-state index contributed by atoms with van der Waals surface area (Å²) >= 11 is 0. The van der Waals surface area contributed by atoms with E-state index >= 15 is 0 Å². The summed E-state index contributed by atoms with van der Waals surface area (Å²) < 4.78 is 5.39. The smallest absolute Gasteiger partial charge is 0.328 e. The maximum Gasteiger partial charge on any atom is 0.328 e. The Morgan fingerprint density at radius 1 is 1.40 bits per heavy atom. The van der Waals surface area contributed by atoms with Crippen molar-refractivity contribution in [1.82, 2.24) is 4.98 Å². The molecule has 1 fully saturated rings. The fraction of sp³-hybridized carbons (Fsp3) is 0.357. The number of carboxylic acids is 1. The number of carbonyl (C=O) groups is 2. The first-order valence-electron chi connectivity index (χ1n) is 6.46. The molecule has 20 heavy (non-hydrogen) atoms. The molecule has 0 saturated carbocycles. The zero-order chi connectivity index (χ0) is 14.4. The molecule has 106 valence electrons. The second-order valence-corrected chi connectivity index (χ2v) is 4.46. The van der Waals surface area contributed by atoms with Gasteiger partial charge in [-0.1, -0.05) is 6.07 Å². The fourth-order valence-electron chi connectivity index (χ4n) is 1.92. The van der Waals surface area contributed by atoms with Crippen LogP contribution in [0.1, 0.15) is 25.0 Å². The normalized spacial score (nSPS) is 18.9. The molecular weight excluding hydrogens is 260 g/mol. The number of carboxylic acid groups (broad SMARTS) is 1. The quantitative estimate of drug-likeness (QED) is 0.817. The van der Waals surface area contributed by atoms with Crippen molar-refractivity contribution < 1.29 is 19.4 Å². The topological polar surface area (TPSA) is 88.5 Å². The van der Waals surface area contributed by atoms with Crippen LogP contribution in [0.15, 0.2) is 24.3 Å². The van der Waals surface area contributed by atoms with Crippen molar-refractivity contribution in [3.05, 3.63) is 30.0 Å². The van der Waals surface area contributed by atoms with Gasteiger partial charge in [0.2, 0.25) is 0 Å². The second kappa shape index (κ2) is 6.81. The molecule has 0 bridgehead atoms. The standard InChI is InChI=1S/C14H16N2O4/c17-13(18)8-7-10-4-3-6-12(15-10)16-14(19)11-5-1-2-9-20-11/h3-4,6-8,11H,1-2,5,9H2,(H,17,18)(H,15,16,19). The van der Waals surface area contributed by atoms with E-state index in [1.165, 1.54) is 6.08 Å². The summed E-state index contributed by atoms with van der Waals surface area (Å²) in [4.78, 5) is 26.5. The predicted molar refractivity (Wildman–Crippen MR) is 73.1 cm³/mol. The Morgan fingerprint density at radius 3 is 2.95 bits per heavy atom. The molecule has 1 aliphatic rings. The number of rotatable bonds is 4. The molecule has 1 aromatic rings. The Kier molecular flexibility index (Phi) is 4.84. The number of aliphatic carboxylic acids is 1. The van der Waals surface area contributed by atoms with Gasteiger partial charge in [-0.2, -0.15) is 0 Å². The molecule has 2 N–H and O–H groups in total. The van der Waals surface area contributed by atoms with Crippen LogP contribution < -0.4 is 5.32 Å². The van der Waals surface area contributed by atoms with Gasteiger partial charge in [0.15, 0.2) is 0 Å². The van der Waals surface area contributed by atoms with Gasteiger partial charge in [0.05, 0.1) is 5.69 Å². The Bertz CT molecular complexity index is 522. The van der Waals surface area contributed by atoms with Gasteiger partial charge in [-0.15, -0.1) is 0 Å². The van der Waals surface area contributed by atoms with E-state index in [2.05, 4.69) is 10.3 Å². The number of anilines is 1. The average Bonchev–Trinajstić information content (AvgIpc) is 2.46. The molecule has 1 saturated heterocycles. The van der Waals surface area contributed by atoms with Gasteiger partial charge in [0.1, 0.15) is 11.9 Å². The summed E-state index contributed by atoms with van der Waals surface area (Å²) in [5.41, 5.74) is 0.467. The van der Waals surface area contributed by atoms with Crippen LogP contribution in [0, 0.1) is 0 Å². The van der Waals surface area contributed by atoms with Gasteiger partial charge in [-0.3, -0.25) is 4.79 Å². The molecule has 6 nitrogen and oxygen atoms in total. The first-order chi connectivity index (χ1) is 9.65. The van der Waals surface area contributed by atoms with Crippen LogP contribution in [-0.2, 0) is 14.3 Å². The summed E-state index contributed by atoms with van der Waals surface area (Å²) in [5, 5.41) is 11.2. The van der Waals surface area contributed by atoms with Crippen LogP contribution >= 0.6 is 0 Å². The molecule has 1 aliphatic heterocycles. The van der Waals surface area contributed by atoms with Gasteiger partial charge < -0.3 is 15.2 Å². The minimum atomic E-state index is -1.04. The first-order valence-corrected chi connectivity index (χ1v) is 6.46. The second-order valence-electron chi connectivity index (χ2n) is 4.46. The lowest BCUT2D eigenvalue weighted by atomic mass is 10.1. The van der Waals surface area contributed by atoms with Crippen molar-refractivity contribution in [2.75, 3.05) is 11.9 Å². The SMILES string of the molecule is O=C(O)C=Cc1cccc(NC(=O)C2CCCCO2)n1. The Hall–Kier alpha value is -2.21. The van der Waals surface area contributed by atoms with E-state index in [4.69, 9.17) is 9.84 Å². The van der Waals surface area contributed by atoms with E-state index in [0.29, 0.717) is 24.5 Å². The molecule has 1 aromatic heterocycles. The molecule has 1 unspecified atom stereocenters.